The van der Waals surface area contributed by atoms with Gasteiger partial charge in [-0.1, -0.05) is 43.4 Å². The SMILES string of the molecule is CCOC(=O)C1=NN(c2ccccc2)C(C(=O)Nc2nnc(C(C)C)s2)C1. The van der Waals surface area contributed by atoms with E-state index >= 15 is 0 Å². The van der Waals surface area contributed by atoms with E-state index in [1.807, 2.05) is 44.2 Å². The molecule has 0 saturated heterocycles. The van der Waals surface area contributed by atoms with Crippen LogP contribution in [-0.2, 0) is 14.3 Å². The van der Waals surface area contributed by atoms with Crippen LogP contribution < -0.4 is 10.3 Å². The third-order valence-corrected chi connectivity index (χ3v) is 5.05. The van der Waals surface area contributed by atoms with Gasteiger partial charge >= 0.3 is 5.97 Å². The van der Waals surface area contributed by atoms with Crippen LogP contribution in [-0.4, -0.2) is 40.4 Å². The van der Waals surface area contributed by atoms with E-state index in [1.165, 1.54) is 11.3 Å². The fourth-order valence-corrected chi connectivity index (χ4v) is 3.33. The second kappa shape index (κ2) is 8.26. The smallest absolute Gasteiger partial charge is 0.354 e. The number of carbonyl (C=O) groups is 2. The van der Waals surface area contributed by atoms with Crippen LogP contribution in [0.2, 0.25) is 0 Å². The molecular weight excluding hydrogens is 366 g/mol. The number of anilines is 2. The lowest BCUT2D eigenvalue weighted by Crippen LogP contribution is -2.38. The monoisotopic (exact) mass is 387 g/mol. The van der Waals surface area contributed by atoms with E-state index in [0.717, 1.165) is 10.7 Å². The largest absolute Gasteiger partial charge is 0.461 e. The van der Waals surface area contributed by atoms with Gasteiger partial charge in [0.1, 0.15) is 16.8 Å². The molecule has 8 nitrogen and oxygen atoms in total. The number of nitrogens with zero attached hydrogens (tertiary/aromatic N) is 4. The molecule has 9 heteroatoms. The minimum Gasteiger partial charge on any atom is -0.461 e. The maximum Gasteiger partial charge on any atom is 0.354 e. The molecule has 1 unspecified atom stereocenters. The number of hydrazone groups is 1. The van der Waals surface area contributed by atoms with E-state index < -0.39 is 12.0 Å². The first-order valence-electron chi connectivity index (χ1n) is 8.72. The number of ether oxygens (including phenoxy) is 1. The van der Waals surface area contributed by atoms with Crippen molar-refractivity contribution in [2.24, 2.45) is 5.10 Å². The van der Waals surface area contributed by atoms with Crippen molar-refractivity contribution in [3.05, 3.63) is 35.3 Å². The lowest BCUT2D eigenvalue weighted by atomic mass is 10.1. The van der Waals surface area contributed by atoms with Crippen molar-refractivity contribution in [1.29, 1.82) is 0 Å². The van der Waals surface area contributed by atoms with E-state index in [-0.39, 0.29) is 30.6 Å². The van der Waals surface area contributed by atoms with Crippen LogP contribution in [0, 0.1) is 0 Å². The van der Waals surface area contributed by atoms with Crippen LogP contribution in [0.3, 0.4) is 0 Å². The molecule has 1 aliphatic heterocycles. The Morgan fingerprint density at radius 2 is 2.04 bits per heavy atom. The summed E-state index contributed by atoms with van der Waals surface area (Å²) < 4.78 is 5.04. The molecule has 1 aromatic heterocycles. The van der Waals surface area contributed by atoms with Crippen molar-refractivity contribution in [2.75, 3.05) is 16.9 Å². The number of hydrogen-bond acceptors (Lipinski definition) is 8. The highest BCUT2D eigenvalue weighted by molar-refractivity contribution is 7.15. The van der Waals surface area contributed by atoms with Crippen molar-refractivity contribution >= 4 is 39.7 Å². The lowest BCUT2D eigenvalue weighted by Gasteiger charge is -2.22. The summed E-state index contributed by atoms with van der Waals surface area (Å²) >= 11 is 1.34. The summed E-state index contributed by atoms with van der Waals surface area (Å²) in [5.41, 5.74) is 0.943. The number of aromatic nitrogens is 2. The number of rotatable bonds is 6. The molecule has 0 spiro atoms. The summed E-state index contributed by atoms with van der Waals surface area (Å²) in [5.74, 6) is -0.570. The van der Waals surface area contributed by atoms with Crippen molar-refractivity contribution in [1.82, 2.24) is 10.2 Å². The van der Waals surface area contributed by atoms with Crippen molar-refractivity contribution < 1.29 is 14.3 Å². The fourth-order valence-electron chi connectivity index (χ4n) is 2.58. The van der Waals surface area contributed by atoms with Crippen LogP contribution in [0.5, 0.6) is 0 Å². The fraction of sp³-hybridized carbons (Fsp3) is 0.389. The zero-order valence-electron chi connectivity index (χ0n) is 15.4. The van der Waals surface area contributed by atoms with Crippen LogP contribution in [0.15, 0.2) is 35.4 Å². The summed E-state index contributed by atoms with van der Waals surface area (Å²) in [4.78, 5) is 25.0. The van der Waals surface area contributed by atoms with Gasteiger partial charge in [0.15, 0.2) is 0 Å². The molecule has 0 saturated carbocycles. The maximum absolute atomic E-state index is 12.9. The zero-order valence-corrected chi connectivity index (χ0v) is 16.2. The highest BCUT2D eigenvalue weighted by Gasteiger charge is 2.37. The molecule has 1 aromatic carbocycles. The molecular formula is C18H21N5O3S. The Balaban J connectivity index is 1.81. The summed E-state index contributed by atoms with van der Waals surface area (Å²) in [5, 5.41) is 18.0. The van der Waals surface area contributed by atoms with Crippen LogP contribution in [0.4, 0.5) is 10.8 Å². The molecule has 1 aliphatic rings. The van der Waals surface area contributed by atoms with E-state index in [1.54, 1.807) is 11.9 Å². The van der Waals surface area contributed by atoms with E-state index in [2.05, 4.69) is 20.6 Å². The average Bonchev–Trinajstić information content (AvgIpc) is 3.30. The van der Waals surface area contributed by atoms with Crippen molar-refractivity contribution in [3.8, 4) is 0 Å². The molecule has 3 rings (SSSR count). The normalized spacial score (nSPS) is 16.4. The van der Waals surface area contributed by atoms with Gasteiger partial charge in [-0.3, -0.25) is 15.1 Å². The number of nitrogens with one attached hydrogen (secondary N) is 1. The zero-order chi connectivity index (χ0) is 19.4. The van der Waals surface area contributed by atoms with E-state index in [0.29, 0.717) is 5.13 Å². The average molecular weight is 387 g/mol. The Hall–Kier alpha value is -2.81. The molecule has 142 valence electrons. The van der Waals surface area contributed by atoms with Crippen molar-refractivity contribution in [2.45, 2.75) is 39.2 Å². The topological polar surface area (TPSA) is 96.8 Å². The Kier molecular flexibility index (Phi) is 5.80. The van der Waals surface area contributed by atoms with Crippen molar-refractivity contribution in [3.63, 3.8) is 0 Å². The first kappa shape index (κ1) is 19.0. The summed E-state index contributed by atoms with van der Waals surface area (Å²) in [6, 6.07) is 8.57. The molecule has 1 atom stereocenters. The number of amides is 1. The number of carbonyl (C=O) groups excluding carboxylic acids is 2. The minimum absolute atomic E-state index is 0.162. The van der Waals surface area contributed by atoms with Crippen LogP contribution in [0.1, 0.15) is 38.1 Å². The quantitative estimate of drug-likeness (QED) is 0.766. The molecule has 2 heterocycles. The predicted molar refractivity (Wildman–Crippen MR) is 104 cm³/mol. The molecule has 27 heavy (non-hydrogen) atoms. The molecule has 0 radical (unpaired) electrons. The number of hydrogen-bond donors (Lipinski definition) is 1. The summed E-state index contributed by atoms with van der Waals surface area (Å²) in [6.45, 7) is 6.01. The Morgan fingerprint density at radius 3 is 2.67 bits per heavy atom. The predicted octanol–water partition coefficient (Wildman–Crippen LogP) is 2.80. The van der Waals surface area contributed by atoms with Crippen LogP contribution in [0.25, 0.3) is 0 Å². The van der Waals surface area contributed by atoms with Gasteiger partial charge in [0.05, 0.1) is 12.3 Å². The van der Waals surface area contributed by atoms with Gasteiger partial charge < -0.3 is 4.74 Å². The Bertz CT molecular complexity index is 850. The molecule has 1 amide bonds. The van der Waals surface area contributed by atoms with Gasteiger partial charge in [-0.2, -0.15) is 5.10 Å². The van der Waals surface area contributed by atoms with E-state index in [4.69, 9.17) is 4.74 Å². The molecule has 1 N–H and O–H groups in total. The highest BCUT2D eigenvalue weighted by Crippen LogP contribution is 2.27. The minimum atomic E-state index is -0.668. The van der Waals surface area contributed by atoms with Gasteiger partial charge in [-0.15, -0.1) is 10.2 Å². The Morgan fingerprint density at radius 1 is 1.30 bits per heavy atom. The van der Waals surface area contributed by atoms with Gasteiger partial charge in [-0.05, 0) is 19.1 Å². The Labute approximate surface area is 161 Å². The molecule has 0 aliphatic carbocycles. The van der Waals surface area contributed by atoms with Gasteiger partial charge in [-0.25, -0.2) is 4.79 Å². The van der Waals surface area contributed by atoms with Crippen LogP contribution >= 0.6 is 11.3 Å². The second-order valence-electron chi connectivity index (χ2n) is 6.26. The molecule has 2 aromatic rings. The van der Waals surface area contributed by atoms with Gasteiger partial charge in [0.2, 0.25) is 5.13 Å². The van der Waals surface area contributed by atoms with E-state index in [9.17, 15) is 9.59 Å². The summed E-state index contributed by atoms with van der Waals surface area (Å²) in [7, 11) is 0. The van der Waals surface area contributed by atoms with Gasteiger partial charge in [0.25, 0.3) is 5.91 Å². The second-order valence-corrected chi connectivity index (χ2v) is 7.27. The third kappa shape index (κ3) is 4.30. The third-order valence-electron chi connectivity index (χ3n) is 3.91. The number of para-hydroxylation sites is 1. The van der Waals surface area contributed by atoms with Gasteiger partial charge in [0, 0.05) is 12.3 Å². The molecule has 0 fully saturated rings. The molecule has 0 bridgehead atoms. The highest BCUT2D eigenvalue weighted by atomic mass is 32.1. The number of esters is 1. The maximum atomic E-state index is 12.9. The first-order chi connectivity index (χ1) is 13.0. The standard InChI is InChI=1S/C18H21N5O3S/c1-4-26-17(25)13-10-14(23(22-13)12-8-6-5-7-9-12)15(24)19-18-21-20-16(27-18)11(2)3/h5-9,11,14H,4,10H2,1-3H3,(H,19,21,24). The number of benzene rings is 1. The first-order valence-corrected chi connectivity index (χ1v) is 9.54. The summed E-state index contributed by atoms with van der Waals surface area (Å²) in [6.07, 6.45) is 0.162. The lowest BCUT2D eigenvalue weighted by molar-refractivity contribution is -0.135.